The molecule has 0 aliphatic heterocycles. The average Bonchev–Trinajstić information content (AvgIpc) is 2.85. The van der Waals surface area contributed by atoms with Crippen molar-refractivity contribution in [3.8, 4) is 0 Å². The van der Waals surface area contributed by atoms with Crippen molar-refractivity contribution in [2.75, 3.05) is 5.32 Å². The van der Waals surface area contributed by atoms with E-state index in [2.05, 4.69) is 49.3 Å². The second-order valence-corrected chi connectivity index (χ2v) is 6.78. The van der Waals surface area contributed by atoms with Gasteiger partial charge in [-0.2, -0.15) is 0 Å². The molecule has 0 fully saturated rings. The Balaban J connectivity index is 1.82. The summed E-state index contributed by atoms with van der Waals surface area (Å²) in [6, 6.07) is 11.7. The first-order chi connectivity index (χ1) is 9.61. The monoisotopic (exact) mass is 393 g/mol. The van der Waals surface area contributed by atoms with Gasteiger partial charge in [0.2, 0.25) is 0 Å². The first kappa shape index (κ1) is 13.8. The lowest BCUT2D eigenvalue weighted by Gasteiger charge is -2.08. The molecule has 0 spiro atoms. The fourth-order valence-electron chi connectivity index (χ4n) is 2.54. The highest BCUT2D eigenvalue weighted by molar-refractivity contribution is 9.11. The average molecular weight is 395 g/mol. The largest absolute Gasteiger partial charge is 0.322 e. The molecule has 2 nitrogen and oxygen atoms in total. The van der Waals surface area contributed by atoms with E-state index in [0.717, 1.165) is 27.5 Å². The Kier molecular flexibility index (Phi) is 3.94. The smallest absolute Gasteiger partial charge is 0.255 e. The van der Waals surface area contributed by atoms with Gasteiger partial charge in [-0.15, -0.1) is 0 Å². The van der Waals surface area contributed by atoms with Crippen LogP contribution in [-0.2, 0) is 12.8 Å². The van der Waals surface area contributed by atoms with Crippen LogP contribution in [0, 0.1) is 0 Å². The van der Waals surface area contributed by atoms with Crippen LogP contribution in [-0.4, -0.2) is 5.91 Å². The summed E-state index contributed by atoms with van der Waals surface area (Å²) in [6.45, 7) is 0. The maximum absolute atomic E-state index is 12.3. The number of rotatable bonds is 2. The SMILES string of the molecule is O=C(Nc1ccc2c(c1)CCC2)c1cc(Br)cc(Br)c1. The van der Waals surface area contributed by atoms with E-state index in [1.54, 1.807) is 0 Å². The molecule has 0 heterocycles. The molecule has 1 aliphatic carbocycles. The second-order valence-electron chi connectivity index (χ2n) is 4.95. The van der Waals surface area contributed by atoms with Gasteiger partial charge in [-0.3, -0.25) is 4.79 Å². The molecule has 4 heteroatoms. The highest BCUT2D eigenvalue weighted by Gasteiger charge is 2.13. The third-order valence-corrected chi connectivity index (χ3v) is 4.40. The minimum Gasteiger partial charge on any atom is -0.322 e. The molecule has 0 atom stereocenters. The molecule has 2 aromatic carbocycles. The van der Waals surface area contributed by atoms with Gasteiger partial charge in [0.15, 0.2) is 0 Å². The molecule has 0 bridgehead atoms. The first-order valence-electron chi connectivity index (χ1n) is 6.51. The van der Waals surface area contributed by atoms with Crippen LogP contribution in [0.15, 0.2) is 45.3 Å². The lowest BCUT2D eigenvalue weighted by atomic mass is 10.1. The summed E-state index contributed by atoms with van der Waals surface area (Å²) < 4.78 is 1.76. The highest BCUT2D eigenvalue weighted by Crippen LogP contribution is 2.26. The van der Waals surface area contributed by atoms with E-state index >= 15 is 0 Å². The summed E-state index contributed by atoms with van der Waals surface area (Å²) in [6.07, 6.45) is 3.48. The van der Waals surface area contributed by atoms with Gasteiger partial charge in [0, 0.05) is 20.2 Å². The predicted molar refractivity (Wildman–Crippen MR) is 88.3 cm³/mol. The number of carbonyl (C=O) groups excluding carboxylic acids is 1. The van der Waals surface area contributed by atoms with E-state index in [-0.39, 0.29) is 5.91 Å². The molecule has 0 radical (unpaired) electrons. The minimum absolute atomic E-state index is 0.0926. The Morgan fingerprint density at radius 1 is 0.950 bits per heavy atom. The zero-order chi connectivity index (χ0) is 14.1. The minimum atomic E-state index is -0.0926. The summed E-state index contributed by atoms with van der Waals surface area (Å²) in [5.74, 6) is -0.0926. The maximum Gasteiger partial charge on any atom is 0.255 e. The van der Waals surface area contributed by atoms with Gasteiger partial charge < -0.3 is 5.32 Å². The molecule has 0 unspecified atom stereocenters. The summed E-state index contributed by atoms with van der Waals surface area (Å²) in [5, 5.41) is 2.96. The van der Waals surface area contributed by atoms with Gasteiger partial charge in [0.1, 0.15) is 0 Å². The normalized spacial score (nSPS) is 13.1. The van der Waals surface area contributed by atoms with Gasteiger partial charge in [-0.05, 0) is 60.7 Å². The lowest BCUT2D eigenvalue weighted by Crippen LogP contribution is -2.12. The Morgan fingerprint density at radius 3 is 2.40 bits per heavy atom. The van der Waals surface area contributed by atoms with Gasteiger partial charge in [0.05, 0.1) is 0 Å². The molecular weight excluding hydrogens is 382 g/mol. The number of carbonyl (C=O) groups is 1. The van der Waals surface area contributed by atoms with Gasteiger partial charge >= 0.3 is 0 Å². The molecule has 1 amide bonds. The molecule has 0 saturated carbocycles. The molecule has 1 N–H and O–H groups in total. The summed E-state index contributed by atoms with van der Waals surface area (Å²) in [7, 11) is 0. The second kappa shape index (κ2) is 5.70. The van der Waals surface area contributed by atoms with Gasteiger partial charge in [0.25, 0.3) is 5.91 Å². The van der Waals surface area contributed by atoms with Crippen molar-refractivity contribution < 1.29 is 4.79 Å². The summed E-state index contributed by atoms with van der Waals surface area (Å²) in [5.41, 5.74) is 4.27. The molecule has 3 rings (SSSR count). The molecule has 102 valence electrons. The van der Waals surface area contributed by atoms with E-state index in [1.807, 2.05) is 24.3 Å². The number of benzene rings is 2. The number of hydrogen-bond acceptors (Lipinski definition) is 1. The van der Waals surface area contributed by atoms with Crippen LogP contribution in [0.3, 0.4) is 0 Å². The van der Waals surface area contributed by atoms with Crippen molar-refractivity contribution in [2.45, 2.75) is 19.3 Å². The predicted octanol–water partition coefficient (Wildman–Crippen LogP) is 4.95. The first-order valence-corrected chi connectivity index (χ1v) is 8.10. The van der Waals surface area contributed by atoms with E-state index in [0.29, 0.717) is 5.56 Å². The molecule has 0 aromatic heterocycles. The third kappa shape index (κ3) is 2.96. The Hall–Kier alpha value is -1.13. The molecule has 2 aromatic rings. The summed E-state index contributed by atoms with van der Waals surface area (Å²) >= 11 is 6.79. The zero-order valence-electron chi connectivity index (χ0n) is 10.7. The van der Waals surface area contributed by atoms with Gasteiger partial charge in [-0.1, -0.05) is 37.9 Å². The third-order valence-electron chi connectivity index (χ3n) is 3.48. The van der Waals surface area contributed by atoms with Crippen molar-refractivity contribution in [1.29, 1.82) is 0 Å². The van der Waals surface area contributed by atoms with Crippen LogP contribution >= 0.6 is 31.9 Å². The van der Waals surface area contributed by atoms with Crippen LogP contribution in [0.5, 0.6) is 0 Å². The van der Waals surface area contributed by atoms with Crippen molar-refractivity contribution in [1.82, 2.24) is 0 Å². The summed E-state index contributed by atoms with van der Waals surface area (Å²) in [4.78, 5) is 12.3. The number of hydrogen-bond donors (Lipinski definition) is 1. The van der Waals surface area contributed by atoms with Crippen LogP contribution < -0.4 is 5.32 Å². The highest BCUT2D eigenvalue weighted by atomic mass is 79.9. The molecule has 0 saturated heterocycles. The molecule has 1 aliphatic rings. The van der Waals surface area contributed by atoms with E-state index in [1.165, 1.54) is 17.5 Å². The van der Waals surface area contributed by atoms with Crippen LogP contribution in [0.4, 0.5) is 5.69 Å². The standard InChI is InChI=1S/C16H13Br2NO/c17-13-6-12(7-14(18)9-13)16(20)19-15-5-4-10-2-1-3-11(10)8-15/h4-9H,1-3H2,(H,19,20). The number of aryl methyl sites for hydroxylation is 2. The Bertz CT molecular complexity index is 662. The number of anilines is 1. The van der Waals surface area contributed by atoms with E-state index < -0.39 is 0 Å². The van der Waals surface area contributed by atoms with Crippen LogP contribution in [0.2, 0.25) is 0 Å². The van der Waals surface area contributed by atoms with Crippen molar-refractivity contribution in [3.05, 3.63) is 62.0 Å². The van der Waals surface area contributed by atoms with Crippen molar-refractivity contribution in [2.24, 2.45) is 0 Å². The van der Waals surface area contributed by atoms with Crippen molar-refractivity contribution in [3.63, 3.8) is 0 Å². The number of fused-ring (bicyclic) bond motifs is 1. The fraction of sp³-hybridized carbons (Fsp3) is 0.188. The van der Waals surface area contributed by atoms with Crippen LogP contribution in [0.25, 0.3) is 0 Å². The zero-order valence-corrected chi connectivity index (χ0v) is 13.9. The number of nitrogens with one attached hydrogen (secondary N) is 1. The van der Waals surface area contributed by atoms with E-state index in [9.17, 15) is 4.79 Å². The maximum atomic E-state index is 12.3. The van der Waals surface area contributed by atoms with E-state index in [4.69, 9.17) is 0 Å². The Labute approximate surface area is 134 Å². The number of amides is 1. The van der Waals surface area contributed by atoms with Crippen LogP contribution in [0.1, 0.15) is 27.9 Å². The quantitative estimate of drug-likeness (QED) is 0.766. The van der Waals surface area contributed by atoms with Gasteiger partial charge in [-0.25, -0.2) is 0 Å². The Morgan fingerprint density at radius 2 is 1.65 bits per heavy atom. The molecule has 20 heavy (non-hydrogen) atoms. The topological polar surface area (TPSA) is 29.1 Å². The number of halogens is 2. The lowest BCUT2D eigenvalue weighted by molar-refractivity contribution is 0.102. The van der Waals surface area contributed by atoms with Crippen molar-refractivity contribution >= 4 is 43.5 Å². The fourth-order valence-corrected chi connectivity index (χ4v) is 3.83. The molecular formula is C16H13Br2NO.